The van der Waals surface area contributed by atoms with Crippen LogP contribution >= 0.6 is 11.8 Å². The van der Waals surface area contributed by atoms with Crippen LogP contribution in [0.15, 0.2) is 32.9 Å². The van der Waals surface area contributed by atoms with Crippen molar-refractivity contribution in [1.82, 2.24) is 19.4 Å². The molecule has 1 saturated heterocycles. The molecule has 2 N–H and O–H groups in total. The molecule has 4 rings (SSSR count). The fraction of sp³-hybridized carbons (Fsp3) is 0.545. The van der Waals surface area contributed by atoms with E-state index >= 15 is 0 Å². The average Bonchev–Trinajstić information content (AvgIpc) is 2.74. The van der Waals surface area contributed by atoms with Gasteiger partial charge < -0.3 is 19.6 Å². The zero-order chi connectivity index (χ0) is 22.0. The predicted molar refractivity (Wildman–Crippen MR) is 119 cm³/mol. The molecule has 9 heteroatoms. The molecule has 0 spiro atoms. The van der Waals surface area contributed by atoms with Crippen molar-refractivity contribution in [3.05, 3.63) is 50.2 Å². The molecule has 2 aromatic heterocycles. The van der Waals surface area contributed by atoms with Gasteiger partial charge in [-0.05, 0) is 31.2 Å². The molecule has 4 heterocycles. The number of H-pyrrole nitrogens is 1. The lowest BCUT2D eigenvalue weighted by atomic mass is 9.83. The first-order valence-corrected chi connectivity index (χ1v) is 11.9. The van der Waals surface area contributed by atoms with Gasteiger partial charge in [-0.15, -0.1) is 0 Å². The van der Waals surface area contributed by atoms with Gasteiger partial charge in [0, 0.05) is 37.3 Å². The molecule has 2 atom stereocenters. The number of nitrogens with zero attached hydrogens (tertiary/aromatic N) is 3. The van der Waals surface area contributed by atoms with Crippen LogP contribution in [0, 0.1) is 5.92 Å². The summed E-state index contributed by atoms with van der Waals surface area (Å²) >= 11 is 1.13. The van der Waals surface area contributed by atoms with Crippen LogP contribution in [0.1, 0.15) is 49.8 Å². The fourth-order valence-corrected chi connectivity index (χ4v) is 5.39. The summed E-state index contributed by atoms with van der Waals surface area (Å²) in [6.45, 7) is 3.94. The summed E-state index contributed by atoms with van der Waals surface area (Å²) in [6, 6.07) is 5.35. The number of pyridine rings is 1. The molecule has 0 saturated carbocycles. The van der Waals surface area contributed by atoms with Gasteiger partial charge in [0.05, 0.1) is 11.3 Å². The first-order valence-electron chi connectivity index (χ1n) is 10.9. The number of rotatable bonds is 7. The third-order valence-electron chi connectivity index (χ3n) is 6.17. The SMILES string of the molecule is CCCCCc1c(O)nc(SCC(=O)N2C[C@H]3C[C@@H](C2)c2cccc(=O)n2C3)[nH]c1=O. The van der Waals surface area contributed by atoms with Crippen LogP contribution in [0.4, 0.5) is 0 Å². The third kappa shape index (κ3) is 4.71. The summed E-state index contributed by atoms with van der Waals surface area (Å²) in [5.41, 5.74) is 0.994. The third-order valence-corrected chi connectivity index (χ3v) is 7.03. The van der Waals surface area contributed by atoms with Crippen LogP contribution in [0.3, 0.4) is 0 Å². The molecule has 0 unspecified atom stereocenters. The van der Waals surface area contributed by atoms with E-state index in [9.17, 15) is 19.5 Å². The van der Waals surface area contributed by atoms with Crippen LogP contribution in [-0.4, -0.2) is 49.3 Å². The molecule has 2 aliphatic heterocycles. The largest absolute Gasteiger partial charge is 0.493 e. The van der Waals surface area contributed by atoms with Gasteiger partial charge in [0.1, 0.15) is 0 Å². The number of hydrogen-bond acceptors (Lipinski definition) is 6. The van der Waals surface area contributed by atoms with Crippen LogP contribution in [0.2, 0.25) is 0 Å². The summed E-state index contributed by atoms with van der Waals surface area (Å²) < 4.78 is 1.84. The molecule has 2 aromatic rings. The lowest BCUT2D eigenvalue weighted by molar-refractivity contribution is -0.131. The number of thioether (sulfide) groups is 1. The van der Waals surface area contributed by atoms with Gasteiger partial charge in [-0.3, -0.25) is 14.4 Å². The molecule has 2 aliphatic rings. The second kappa shape index (κ2) is 9.30. The maximum absolute atomic E-state index is 12.8. The maximum atomic E-state index is 12.8. The first-order chi connectivity index (χ1) is 15.0. The molecule has 1 amide bonds. The van der Waals surface area contributed by atoms with E-state index in [0.29, 0.717) is 31.6 Å². The number of carbonyl (C=O) groups excluding carboxylic acids is 1. The molecule has 0 aromatic carbocycles. The molecule has 8 nitrogen and oxygen atoms in total. The van der Waals surface area contributed by atoms with Gasteiger partial charge in [0.15, 0.2) is 5.16 Å². The van der Waals surface area contributed by atoms with Crippen LogP contribution in [0.25, 0.3) is 0 Å². The molecule has 2 bridgehead atoms. The van der Waals surface area contributed by atoms with Crippen molar-refractivity contribution >= 4 is 17.7 Å². The number of nitrogens with one attached hydrogen (secondary N) is 1. The average molecular weight is 445 g/mol. The maximum Gasteiger partial charge on any atom is 0.258 e. The molecule has 1 fully saturated rings. The van der Waals surface area contributed by atoms with Crippen molar-refractivity contribution in [3.8, 4) is 5.88 Å². The lowest BCUT2D eigenvalue weighted by Crippen LogP contribution is -2.49. The van der Waals surface area contributed by atoms with Gasteiger partial charge in [-0.2, -0.15) is 4.98 Å². The summed E-state index contributed by atoms with van der Waals surface area (Å²) in [5, 5.41) is 10.4. The number of fused-ring (bicyclic) bond motifs is 4. The second-order valence-electron chi connectivity index (χ2n) is 8.42. The smallest absolute Gasteiger partial charge is 0.258 e. The van der Waals surface area contributed by atoms with E-state index in [1.54, 1.807) is 12.1 Å². The molecule has 31 heavy (non-hydrogen) atoms. The van der Waals surface area contributed by atoms with Gasteiger partial charge >= 0.3 is 0 Å². The van der Waals surface area contributed by atoms with Gasteiger partial charge in [0.25, 0.3) is 11.1 Å². The highest BCUT2D eigenvalue weighted by molar-refractivity contribution is 7.99. The fourth-order valence-electron chi connectivity index (χ4n) is 4.63. The molecular weight excluding hydrogens is 416 g/mol. The Morgan fingerprint density at radius 3 is 2.87 bits per heavy atom. The number of amides is 1. The van der Waals surface area contributed by atoms with Crippen molar-refractivity contribution in [3.63, 3.8) is 0 Å². The Balaban J connectivity index is 1.39. The zero-order valence-electron chi connectivity index (χ0n) is 17.7. The number of aromatic nitrogens is 3. The topological polar surface area (TPSA) is 108 Å². The van der Waals surface area contributed by atoms with E-state index in [-0.39, 0.29) is 45.7 Å². The summed E-state index contributed by atoms with van der Waals surface area (Å²) in [5.74, 6) is 0.299. The van der Waals surface area contributed by atoms with E-state index in [2.05, 4.69) is 16.9 Å². The zero-order valence-corrected chi connectivity index (χ0v) is 18.5. The van der Waals surface area contributed by atoms with E-state index in [1.807, 2.05) is 15.5 Å². The van der Waals surface area contributed by atoms with Crippen LogP contribution < -0.4 is 11.1 Å². The highest BCUT2D eigenvalue weighted by Crippen LogP contribution is 2.35. The Labute approximate surface area is 184 Å². The van der Waals surface area contributed by atoms with Gasteiger partial charge in [-0.1, -0.05) is 37.6 Å². The number of hydrogen-bond donors (Lipinski definition) is 2. The molecule has 166 valence electrons. The molecular formula is C22H28N4O4S. The van der Waals surface area contributed by atoms with Crippen molar-refractivity contribution in [2.24, 2.45) is 5.92 Å². The highest BCUT2D eigenvalue weighted by Gasteiger charge is 2.36. The quantitative estimate of drug-likeness (QED) is 0.385. The Morgan fingerprint density at radius 1 is 1.26 bits per heavy atom. The van der Waals surface area contributed by atoms with Crippen LogP contribution in [-0.2, 0) is 17.8 Å². The highest BCUT2D eigenvalue weighted by atomic mass is 32.2. The molecule has 0 aliphatic carbocycles. The molecule has 0 radical (unpaired) electrons. The second-order valence-corrected chi connectivity index (χ2v) is 9.38. The minimum atomic E-state index is -0.340. The number of carbonyl (C=O) groups is 1. The van der Waals surface area contributed by atoms with E-state index in [4.69, 9.17) is 0 Å². The van der Waals surface area contributed by atoms with Crippen molar-refractivity contribution in [1.29, 1.82) is 0 Å². The van der Waals surface area contributed by atoms with Gasteiger partial charge in [-0.25, -0.2) is 0 Å². The van der Waals surface area contributed by atoms with E-state index in [0.717, 1.165) is 43.1 Å². The van der Waals surface area contributed by atoms with Crippen molar-refractivity contribution in [2.45, 2.75) is 56.6 Å². The number of aromatic hydroxyl groups is 1. The first kappa shape index (κ1) is 21.7. The standard InChI is InChI=1S/C22H28N4O4S/c1-2-3-4-6-16-20(29)23-22(24-21(16)30)31-13-19(28)25-10-14-9-15(12-25)17-7-5-8-18(27)26(17)11-14/h5,7-8,14-15H,2-4,6,9-13H2,1H3,(H2,23,24,29,30)/t14-,15+/m1/s1. The van der Waals surface area contributed by atoms with Crippen molar-refractivity contribution < 1.29 is 9.90 Å². The Morgan fingerprint density at radius 2 is 2.10 bits per heavy atom. The normalized spacial score (nSPS) is 19.8. The predicted octanol–water partition coefficient (Wildman–Crippen LogP) is 2.11. The lowest BCUT2D eigenvalue weighted by Gasteiger charge is -2.42. The van der Waals surface area contributed by atoms with E-state index in [1.165, 1.54) is 0 Å². The summed E-state index contributed by atoms with van der Waals surface area (Å²) in [6.07, 6.45) is 4.32. The summed E-state index contributed by atoms with van der Waals surface area (Å²) in [4.78, 5) is 45.9. The number of piperidine rings is 1. The van der Waals surface area contributed by atoms with Crippen LogP contribution in [0.5, 0.6) is 5.88 Å². The minimum Gasteiger partial charge on any atom is -0.493 e. The summed E-state index contributed by atoms with van der Waals surface area (Å²) in [7, 11) is 0. The Bertz CT molecular complexity index is 1080. The number of aromatic amines is 1. The Hall–Kier alpha value is -2.55. The van der Waals surface area contributed by atoms with Gasteiger partial charge in [0.2, 0.25) is 11.8 Å². The van der Waals surface area contributed by atoms with Crippen molar-refractivity contribution in [2.75, 3.05) is 18.8 Å². The minimum absolute atomic E-state index is 0.0236. The monoisotopic (exact) mass is 444 g/mol. The number of unbranched alkanes of at least 4 members (excludes halogenated alkanes) is 2. The van der Waals surface area contributed by atoms with E-state index < -0.39 is 0 Å². The number of likely N-dealkylation sites (tertiary alicyclic amines) is 1. The Kier molecular flexibility index (Phi) is 6.50.